The maximum absolute atomic E-state index is 12.4. The molecule has 0 saturated heterocycles. The number of esters is 1. The van der Waals surface area contributed by atoms with Gasteiger partial charge in [0, 0.05) is 0 Å². The molecule has 3 rings (SSSR count). The van der Waals surface area contributed by atoms with Gasteiger partial charge in [-0.25, -0.2) is 4.79 Å². The number of carboxylic acids is 2. The number of carbonyl (C=O) groups is 3. The molecule has 0 amide bonds. The fourth-order valence-electron chi connectivity index (χ4n) is 5.78. The monoisotopic (exact) mass is 520 g/mol. The van der Waals surface area contributed by atoms with E-state index in [1.807, 2.05) is 26.0 Å². The van der Waals surface area contributed by atoms with E-state index in [2.05, 4.69) is 6.92 Å². The minimum absolute atomic E-state index is 0.0892. The van der Waals surface area contributed by atoms with E-state index in [0.717, 1.165) is 49.7 Å². The largest absolute Gasteiger partial charge is 0.482 e. The molecule has 2 aliphatic carbocycles. The van der Waals surface area contributed by atoms with Crippen LogP contribution in [0.2, 0.25) is 0 Å². The molecule has 0 aromatic heterocycles. The molecule has 2 aliphatic rings. The third-order valence-corrected chi connectivity index (χ3v) is 7.47. The second kappa shape index (κ2) is 15.6. The van der Waals surface area contributed by atoms with Gasteiger partial charge in [-0.15, -0.1) is 0 Å². The van der Waals surface area contributed by atoms with E-state index < -0.39 is 24.5 Å². The van der Waals surface area contributed by atoms with Gasteiger partial charge in [-0.1, -0.05) is 52.2 Å². The van der Waals surface area contributed by atoms with Gasteiger partial charge >= 0.3 is 17.9 Å². The van der Waals surface area contributed by atoms with E-state index in [-0.39, 0.29) is 42.8 Å². The molecule has 0 heterocycles. The Labute approximate surface area is 220 Å². The summed E-state index contributed by atoms with van der Waals surface area (Å²) in [6, 6.07) is 5.72. The Morgan fingerprint density at radius 1 is 1.03 bits per heavy atom. The number of benzene rings is 1. The van der Waals surface area contributed by atoms with E-state index >= 15 is 0 Å². The van der Waals surface area contributed by atoms with Crippen LogP contribution in [0.15, 0.2) is 18.2 Å². The number of hydrogen-bond donors (Lipinski definition) is 3. The molecule has 1 aromatic carbocycles. The summed E-state index contributed by atoms with van der Waals surface area (Å²) >= 11 is 0. The first-order valence-electron chi connectivity index (χ1n) is 13.8. The van der Waals surface area contributed by atoms with Crippen LogP contribution >= 0.6 is 0 Å². The van der Waals surface area contributed by atoms with Crippen molar-refractivity contribution >= 4 is 17.9 Å². The number of ether oxygens (including phenoxy) is 2. The zero-order valence-electron chi connectivity index (χ0n) is 22.5. The Bertz CT molecular complexity index is 883. The SMILES string of the molecule is CC.CCCCCC(O)CC[C@@H]1C2Cc3cccc(OCC(=O)O)c3CC2C[C@H]1OC(=O)CCC(=O)O. The average molecular weight is 521 g/mol. The maximum atomic E-state index is 12.4. The normalized spacial score (nSPS) is 22.6. The molecule has 3 unspecified atom stereocenters. The van der Waals surface area contributed by atoms with Crippen molar-refractivity contribution < 1.29 is 39.2 Å². The highest BCUT2D eigenvalue weighted by Crippen LogP contribution is 2.49. The highest BCUT2D eigenvalue weighted by molar-refractivity contribution is 5.76. The lowest BCUT2D eigenvalue weighted by molar-refractivity contribution is -0.154. The minimum Gasteiger partial charge on any atom is -0.482 e. The predicted molar refractivity (Wildman–Crippen MR) is 140 cm³/mol. The van der Waals surface area contributed by atoms with Gasteiger partial charge in [0.05, 0.1) is 18.9 Å². The quantitative estimate of drug-likeness (QED) is 0.230. The Kier molecular flexibility index (Phi) is 12.9. The van der Waals surface area contributed by atoms with Crippen molar-refractivity contribution in [3.63, 3.8) is 0 Å². The molecule has 1 saturated carbocycles. The molecule has 8 nitrogen and oxygen atoms in total. The first kappa shape index (κ1) is 30.6. The number of aliphatic hydroxyl groups excluding tert-OH is 1. The van der Waals surface area contributed by atoms with Crippen LogP contribution in [0.3, 0.4) is 0 Å². The predicted octanol–water partition coefficient (Wildman–Crippen LogP) is 5.03. The minimum atomic E-state index is -1.03. The summed E-state index contributed by atoms with van der Waals surface area (Å²) in [4.78, 5) is 34.2. The van der Waals surface area contributed by atoms with Crippen molar-refractivity contribution in [2.75, 3.05) is 6.61 Å². The van der Waals surface area contributed by atoms with Crippen molar-refractivity contribution in [1.29, 1.82) is 0 Å². The molecular formula is C29H44O8. The molecule has 3 N–H and O–H groups in total. The smallest absolute Gasteiger partial charge is 0.341 e. The molecule has 0 bridgehead atoms. The maximum Gasteiger partial charge on any atom is 0.341 e. The lowest BCUT2D eigenvalue weighted by Crippen LogP contribution is -2.30. The number of aliphatic hydroxyl groups is 1. The summed E-state index contributed by atoms with van der Waals surface area (Å²) in [6.45, 7) is 5.74. The van der Waals surface area contributed by atoms with Crippen molar-refractivity contribution in [3.8, 4) is 5.75 Å². The van der Waals surface area contributed by atoms with Crippen LogP contribution in [0.5, 0.6) is 5.75 Å². The number of rotatable bonds is 14. The summed E-state index contributed by atoms with van der Waals surface area (Å²) in [5.74, 6) is -1.35. The Morgan fingerprint density at radius 2 is 1.78 bits per heavy atom. The molecule has 1 fully saturated rings. The molecule has 1 aromatic rings. The van der Waals surface area contributed by atoms with Crippen LogP contribution in [0, 0.1) is 17.8 Å². The molecule has 8 heteroatoms. The van der Waals surface area contributed by atoms with E-state index in [1.54, 1.807) is 6.07 Å². The van der Waals surface area contributed by atoms with Gasteiger partial charge in [-0.3, -0.25) is 9.59 Å². The Balaban J connectivity index is 0.00000235. The van der Waals surface area contributed by atoms with Crippen molar-refractivity contribution in [3.05, 3.63) is 29.3 Å². The number of hydrogen-bond acceptors (Lipinski definition) is 6. The summed E-state index contributed by atoms with van der Waals surface area (Å²) in [6.07, 6.45) is 6.43. The van der Waals surface area contributed by atoms with Crippen LogP contribution in [-0.4, -0.2) is 52.0 Å². The molecule has 0 aliphatic heterocycles. The second-order valence-electron chi connectivity index (χ2n) is 9.96. The number of carboxylic acid groups (broad SMARTS) is 2. The molecule has 0 spiro atoms. The van der Waals surface area contributed by atoms with Crippen LogP contribution in [0.4, 0.5) is 0 Å². The summed E-state index contributed by atoms with van der Waals surface area (Å²) < 4.78 is 11.4. The topological polar surface area (TPSA) is 130 Å². The third kappa shape index (κ3) is 9.33. The van der Waals surface area contributed by atoms with Gasteiger partial charge in [0.2, 0.25) is 0 Å². The van der Waals surface area contributed by atoms with Crippen LogP contribution in [-0.2, 0) is 32.0 Å². The van der Waals surface area contributed by atoms with Crippen LogP contribution in [0.25, 0.3) is 0 Å². The molecule has 208 valence electrons. The van der Waals surface area contributed by atoms with Crippen LogP contribution in [0.1, 0.15) is 89.7 Å². The van der Waals surface area contributed by atoms with Crippen molar-refractivity contribution in [1.82, 2.24) is 0 Å². The van der Waals surface area contributed by atoms with Gasteiger partial charge in [0.15, 0.2) is 6.61 Å². The summed E-state index contributed by atoms with van der Waals surface area (Å²) in [5.41, 5.74) is 2.15. The fraction of sp³-hybridized carbons (Fsp3) is 0.690. The van der Waals surface area contributed by atoms with Gasteiger partial charge in [-0.05, 0) is 73.5 Å². The lowest BCUT2D eigenvalue weighted by atomic mass is 9.73. The van der Waals surface area contributed by atoms with Gasteiger partial charge in [-0.2, -0.15) is 0 Å². The van der Waals surface area contributed by atoms with Crippen molar-refractivity contribution in [2.45, 2.75) is 104 Å². The van der Waals surface area contributed by atoms with E-state index in [9.17, 15) is 19.5 Å². The van der Waals surface area contributed by atoms with Gasteiger partial charge in [0.25, 0.3) is 0 Å². The number of unbranched alkanes of at least 4 members (excludes halogenated alkanes) is 2. The summed E-state index contributed by atoms with van der Waals surface area (Å²) in [5, 5.41) is 28.4. The Hall–Kier alpha value is -2.61. The Morgan fingerprint density at radius 3 is 2.46 bits per heavy atom. The summed E-state index contributed by atoms with van der Waals surface area (Å²) in [7, 11) is 0. The third-order valence-electron chi connectivity index (χ3n) is 7.47. The van der Waals surface area contributed by atoms with Gasteiger partial charge in [0.1, 0.15) is 11.9 Å². The number of fused-ring (bicyclic) bond motifs is 2. The average Bonchev–Trinajstić information content (AvgIpc) is 3.20. The zero-order chi connectivity index (χ0) is 27.4. The lowest BCUT2D eigenvalue weighted by Gasteiger charge is -2.32. The highest BCUT2D eigenvalue weighted by Gasteiger charge is 2.47. The van der Waals surface area contributed by atoms with Crippen LogP contribution < -0.4 is 4.74 Å². The zero-order valence-corrected chi connectivity index (χ0v) is 22.5. The van der Waals surface area contributed by atoms with Gasteiger partial charge < -0.3 is 24.8 Å². The number of carbonyl (C=O) groups excluding carboxylic acids is 1. The first-order valence-corrected chi connectivity index (χ1v) is 13.8. The van der Waals surface area contributed by atoms with E-state index in [4.69, 9.17) is 19.7 Å². The van der Waals surface area contributed by atoms with Crippen molar-refractivity contribution in [2.24, 2.45) is 17.8 Å². The fourth-order valence-corrected chi connectivity index (χ4v) is 5.78. The molecule has 37 heavy (non-hydrogen) atoms. The first-order chi connectivity index (χ1) is 17.8. The van der Waals surface area contributed by atoms with E-state index in [1.165, 1.54) is 0 Å². The highest BCUT2D eigenvalue weighted by atomic mass is 16.5. The van der Waals surface area contributed by atoms with E-state index in [0.29, 0.717) is 25.0 Å². The molecule has 5 atom stereocenters. The standard InChI is InChI=1S/C27H38O8.C2H6/c1-2-3-4-7-19(28)9-10-20-21-13-17-6-5-8-23(34-16-26(31)32)22(17)14-18(21)15-24(20)35-27(33)12-11-25(29)30;1-2/h5-6,8,18-21,24,28H,2-4,7,9-16H2,1H3,(H,29,30)(H,31,32);1-2H3/t18?,19?,20-,21?,24-;/m1./s1. The number of aliphatic carboxylic acids is 2. The molecular weight excluding hydrogens is 476 g/mol. The second-order valence-corrected chi connectivity index (χ2v) is 9.96. The molecule has 0 radical (unpaired) electrons.